The molecule has 1 fully saturated rings. The number of allylic oxidation sites excluding steroid dienone is 2. The van der Waals surface area contributed by atoms with Crippen molar-refractivity contribution in [3.8, 4) is 0 Å². The normalized spacial score (nSPS) is 24.4. The summed E-state index contributed by atoms with van der Waals surface area (Å²) in [5, 5.41) is 5.79. The molecule has 3 heterocycles. The summed E-state index contributed by atoms with van der Waals surface area (Å²) in [6.07, 6.45) is 1.85. The van der Waals surface area contributed by atoms with Gasteiger partial charge in [-0.3, -0.25) is 0 Å². The highest BCUT2D eigenvalue weighted by atomic mass is 32.2. The molecule has 1 atom stereocenters. The fourth-order valence-electron chi connectivity index (χ4n) is 5.95. The van der Waals surface area contributed by atoms with Gasteiger partial charge in [-0.25, -0.2) is 9.45 Å². The van der Waals surface area contributed by atoms with Crippen molar-refractivity contribution >= 4 is 35.0 Å². The lowest BCUT2D eigenvalue weighted by atomic mass is 9.84. The Bertz CT molecular complexity index is 1660. The van der Waals surface area contributed by atoms with Gasteiger partial charge >= 0.3 is 0 Å². The van der Waals surface area contributed by atoms with E-state index in [0.717, 1.165) is 27.9 Å². The number of para-hydroxylation sites is 2. The SMILES string of the molecule is Cc1ccc(S(=O)(=O)N=P2(N3CCOCC3)/C(=C3/N(C)c4ccccc4C3(C)C)C=NN2c2ccccc2)cc1. The van der Waals surface area contributed by atoms with Crippen LogP contribution in [0.2, 0.25) is 0 Å². The Morgan fingerprint density at radius 1 is 0.925 bits per heavy atom. The molecule has 0 bridgehead atoms. The van der Waals surface area contributed by atoms with E-state index < -0.39 is 22.8 Å². The number of anilines is 2. The number of nitrogens with zero attached hydrogens (tertiary/aromatic N) is 5. The van der Waals surface area contributed by atoms with E-state index in [2.05, 4.69) is 48.7 Å². The molecule has 10 heteroatoms. The third-order valence-electron chi connectivity index (χ3n) is 7.89. The number of hydrogen-bond acceptors (Lipinski definition) is 5. The summed E-state index contributed by atoms with van der Waals surface area (Å²) in [7, 11) is -5.24. The first-order valence-corrected chi connectivity index (χ1v) is 16.5. The first-order valence-electron chi connectivity index (χ1n) is 13.4. The van der Waals surface area contributed by atoms with Crippen molar-refractivity contribution in [2.24, 2.45) is 9.25 Å². The zero-order valence-electron chi connectivity index (χ0n) is 23.2. The summed E-state index contributed by atoms with van der Waals surface area (Å²) in [6.45, 7) is 8.40. The average Bonchev–Trinajstić information content (AvgIpc) is 3.41. The van der Waals surface area contributed by atoms with E-state index in [1.54, 1.807) is 12.1 Å². The van der Waals surface area contributed by atoms with Gasteiger partial charge in [0.2, 0.25) is 0 Å². The van der Waals surface area contributed by atoms with Crippen LogP contribution in [0.1, 0.15) is 25.0 Å². The van der Waals surface area contributed by atoms with E-state index in [9.17, 15) is 8.42 Å². The largest absolute Gasteiger partial charge is 0.379 e. The summed E-state index contributed by atoms with van der Waals surface area (Å²) >= 11 is 0. The highest BCUT2D eigenvalue weighted by Gasteiger charge is 2.51. The molecular weight excluding hydrogens is 541 g/mol. The van der Waals surface area contributed by atoms with Crippen LogP contribution in [-0.2, 0) is 20.2 Å². The van der Waals surface area contributed by atoms with Crippen molar-refractivity contribution in [2.45, 2.75) is 31.1 Å². The van der Waals surface area contributed by atoms with Gasteiger partial charge in [-0.2, -0.15) is 13.5 Å². The molecule has 8 nitrogen and oxygen atoms in total. The van der Waals surface area contributed by atoms with E-state index in [1.165, 1.54) is 5.56 Å². The second kappa shape index (κ2) is 10.00. The van der Waals surface area contributed by atoms with Crippen LogP contribution in [0.3, 0.4) is 0 Å². The summed E-state index contributed by atoms with van der Waals surface area (Å²) in [4.78, 5) is 2.37. The Balaban J connectivity index is 1.70. The lowest BCUT2D eigenvalue weighted by Crippen LogP contribution is -2.38. The Morgan fingerprint density at radius 3 is 2.25 bits per heavy atom. The molecule has 0 aromatic heterocycles. The smallest absolute Gasteiger partial charge is 0.284 e. The third kappa shape index (κ3) is 4.23. The molecule has 0 amide bonds. The highest BCUT2D eigenvalue weighted by Crippen LogP contribution is 2.70. The van der Waals surface area contributed by atoms with Gasteiger partial charge in [0.15, 0.2) is 7.36 Å². The molecule has 1 unspecified atom stereocenters. The molecule has 3 aliphatic heterocycles. The van der Waals surface area contributed by atoms with Gasteiger partial charge in [0.25, 0.3) is 10.0 Å². The standard InChI is InChI=1S/C30H34N5O3PS/c1-23-14-16-25(17-15-23)40(36,37)32-39(34-18-20-38-21-19-34)28(22-31-35(39)24-10-6-5-7-11-24)29-30(2,3)26-12-8-9-13-27(26)33(29)4/h5-17,22H,18-21H2,1-4H3/b29-28+. The number of morpholine rings is 1. The van der Waals surface area contributed by atoms with E-state index in [4.69, 9.17) is 14.0 Å². The Morgan fingerprint density at radius 2 is 1.57 bits per heavy atom. The maximum Gasteiger partial charge on any atom is 0.284 e. The van der Waals surface area contributed by atoms with Crippen molar-refractivity contribution < 1.29 is 13.2 Å². The lowest BCUT2D eigenvalue weighted by molar-refractivity contribution is 0.0743. The first kappa shape index (κ1) is 27.0. The minimum atomic E-state index is -4.08. The Hall–Kier alpha value is -3.23. The highest BCUT2D eigenvalue weighted by molar-refractivity contribution is 7.95. The first-order chi connectivity index (χ1) is 19.2. The van der Waals surface area contributed by atoms with Gasteiger partial charge in [-0.05, 0) is 42.8 Å². The molecule has 0 saturated carbocycles. The fraction of sp³-hybridized carbons (Fsp3) is 0.300. The van der Waals surface area contributed by atoms with Crippen LogP contribution in [0.5, 0.6) is 0 Å². The number of ether oxygens (including phenoxy) is 1. The van der Waals surface area contributed by atoms with Crippen LogP contribution in [0, 0.1) is 6.92 Å². The van der Waals surface area contributed by atoms with Crippen molar-refractivity contribution in [3.63, 3.8) is 0 Å². The number of hydrogen-bond donors (Lipinski definition) is 0. The van der Waals surface area contributed by atoms with Gasteiger partial charge in [-0.15, -0.1) is 4.15 Å². The predicted octanol–water partition coefficient (Wildman–Crippen LogP) is 6.19. The van der Waals surface area contributed by atoms with Crippen molar-refractivity contribution in [1.29, 1.82) is 0 Å². The van der Waals surface area contributed by atoms with Crippen molar-refractivity contribution in [3.05, 3.63) is 101 Å². The number of aryl methyl sites for hydroxylation is 1. The van der Waals surface area contributed by atoms with Gasteiger partial charge in [0.05, 0.1) is 35.3 Å². The van der Waals surface area contributed by atoms with Crippen LogP contribution in [0.15, 0.2) is 104 Å². The number of sulfonamides is 1. The molecule has 3 aliphatic rings. The molecule has 40 heavy (non-hydrogen) atoms. The van der Waals surface area contributed by atoms with Crippen LogP contribution < -0.4 is 9.68 Å². The van der Waals surface area contributed by atoms with Crippen LogP contribution in [0.4, 0.5) is 11.4 Å². The minimum absolute atomic E-state index is 0.178. The molecular formula is C30H34N5O3PS. The van der Waals surface area contributed by atoms with Crippen molar-refractivity contribution in [2.75, 3.05) is 43.0 Å². The number of fused-ring (bicyclic) bond motifs is 1. The van der Waals surface area contributed by atoms with Gasteiger partial charge in [-0.1, -0.05) is 67.9 Å². The molecule has 0 radical (unpaired) electrons. The maximum absolute atomic E-state index is 14.2. The van der Waals surface area contributed by atoms with Crippen LogP contribution >= 0.6 is 7.36 Å². The Labute approximate surface area is 236 Å². The zero-order valence-corrected chi connectivity index (χ0v) is 24.9. The molecule has 208 valence electrons. The van der Waals surface area contributed by atoms with Gasteiger partial charge < -0.3 is 9.64 Å². The molecule has 0 aliphatic carbocycles. The predicted molar refractivity (Wildman–Crippen MR) is 162 cm³/mol. The second-order valence-corrected chi connectivity index (χ2v) is 15.4. The number of likely N-dealkylation sites (N-methyl/N-ethyl adjacent to an activating group) is 1. The van der Waals surface area contributed by atoms with Crippen molar-refractivity contribution in [1.82, 2.24) is 4.67 Å². The molecule has 0 spiro atoms. The average molecular weight is 576 g/mol. The quantitative estimate of drug-likeness (QED) is 0.345. The molecule has 0 N–H and O–H groups in total. The number of rotatable bonds is 4. The fourth-order valence-corrected chi connectivity index (χ4v) is 12.1. The third-order valence-corrected chi connectivity index (χ3v) is 13.6. The molecule has 3 aromatic rings. The minimum Gasteiger partial charge on any atom is -0.379 e. The summed E-state index contributed by atoms with van der Waals surface area (Å²) < 4.78 is 43.3. The maximum atomic E-state index is 14.2. The van der Waals surface area contributed by atoms with Crippen LogP contribution in [0.25, 0.3) is 0 Å². The zero-order chi connectivity index (χ0) is 28.1. The molecule has 6 rings (SSSR count). The number of hydrazone groups is 1. The monoisotopic (exact) mass is 575 g/mol. The summed E-state index contributed by atoms with van der Waals surface area (Å²) in [5.74, 6) is 0. The van der Waals surface area contributed by atoms with Crippen LogP contribution in [-0.4, -0.2) is 52.7 Å². The summed E-state index contributed by atoms with van der Waals surface area (Å²) in [5.41, 5.74) is 4.68. The van der Waals surface area contributed by atoms with E-state index in [1.807, 2.05) is 66.4 Å². The topological polar surface area (TPSA) is 77.8 Å². The number of benzene rings is 3. The second-order valence-electron chi connectivity index (χ2n) is 10.8. The molecule has 1 saturated heterocycles. The Kier molecular flexibility index (Phi) is 6.74. The lowest BCUT2D eigenvalue weighted by Gasteiger charge is -2.42. The van der Waals surface area contributed by atoms with Gasteiger partial charge in [0.1, 0.15) is 0 Å². The van der Waals surface area contributed by atoms with Gasteiger partial charge in [0, 0.05) is 36.9 Å². The van der Waals surface area contributed by atoms with E-state index >= 15 is 0 Å². The van der Waals surface area contributed by atoms with E-state index in [0.29, 0.717) is 26.3 Å². The van der Waals surface area contributed by atoms with E-state index in [-0.39, 0.29) is 4.90 Å². The summed E-state index contributed by atoms with van der Waals surface area (Å²) in [6, 6.07) is 25.0. The molecule has 3 aromatic carbocycles.